The minimum Gasteiger partial charge on any atom is -0.339 e. The number of imidazole rings is 1. The quantitative estimate of drug-likeness (QED) is 0.785. The van der Waals surface area contributed by atoms with Crippen LogP contribution in [-0.4, -0.2) is 28.3 Å². The fourth-order valence-corrected chi connectivity index (χ4v) is 2.67. The lowest BCUT2D eigenvalue weighted by atomic mass is 10.2. The second-order valence-corrected chi connectivity index (χ2v) is 5.27. The van der Waals surface area contributed by atoms with Gasteiger partial charge in [-0.1, -0.05) is 13.8 Å². The van der Waals surface area contributed by atoms with Crippen molar-refractivity contribution >= 4 is 23.7 Å². The summed E-state index contributed by atoms with van der Waals surface area (Å²) in [4.78, 5) is 18.5. The van der Waals surface area contributed by atoms with Gasteiger partial charge in [-0.05, 0) is 24.3 Å². The van der Waals surface area contributed by atoms with Crippen LogP contribution in [0.1, 0.15) is 30.8 Å². The minimum absolute atomic E-state index is 0.0757. The third-order valence-electron chi connectivity index (χ3n) is 2.41. The number of amides is 1. The molecule has 0 saturated carbocycles. The van der Waals surface area contributed by atoms with E-state index in [1.54, 1.807) is 18.3 Å². The topological polar surface area (TPSA) is 61.0 Å². The van der Waals surface area contributed by atoms with Gasteiger partial charge in [0.15, 0.2) is 5.82 Å². The van der Waals surface area contributed by atoms with Crippen LogP contribution in [0.4, 0.5) is 5.82 Å². The Morgan fingerprint density at radius 3 is 3.19 bits per heavy atom. The number of hydrogen-bond acceptors (Lipinski definition) is 4. The molecule has 5 nitrogen and oxygen atoms in total. The number of hydrogen-bond donors (Lipinski definition) is 2. The lowest BCUT2D eigenvalue weighted by Crippen LogP contribution is -2.40. The fourth-order valence-electron chi connectivity index (χ4n) is 1.46. The number of nitrogens with one attached hydrogen (secondary N) is 2. The number of anilines is 1. The third kappa shape index (κ3) is 2.32. The Labute approximate surface area is 99.1 Å². The van der Waals surface area contributed by atoms with Crippen LogP contribution in [-0.2, 0) is 0 Å². The highest BCUT2D eigenvalue weighted by molar-refractivity contribution is 8.00. The normalized spacial score (nSPS) is 15.2. The molecule has 6 heteroatoms. The van der Waals surface area contributed by atoms with Gasteiger partial charge in [0.2, 0.25) is 0 Å². The first-order valence-corrected chi connectivity index (χ1v) is 6.34. The van der Waals surface area contributed by atoms with Crippen LogP contribution in [0.3, 0.4) is 0 Å². The van der Waals surface area contributed by atoms with E-state index in [0.29, 0.717) is 18.3 Å². The molecule has 1 amide bonds. The van der Waals surface area contributed by atoms with Gasteiger partial charge in [0.05, 0.1) is 6.33 Å². The van der Waals surface area contributed by atoms with E-state index < -0.39 is 0 Å². The summed E-state index contributed by atoms with van der Waals surface area (Å²) in [6.07, 6.45) is 2.72. The molecule has 16 heavy (non-hydrogen) atoms. The van der Waals surface area contributed by atoms with Gasteiger partial charge < -0.3 is 10.3 Å². The fraction of sp³-hybridized carbons (Fsp3) is 0.600. The zero-order chi connectivity index (χ0) is 11.5. The lowest BCUT2D eigenvalue weighted by molar-refractivity contribution is 0.0946. The lowest BCUT2D eigenvalue weighted by Gasteiger charge is -2.26. The number of carbonyl (C=O) groups excluding carboxylic acids is 1. The zero-order valence-corrected chi connectivity index (χ0v) is 10.3. The first-order valence-electron chi connectivity index (χ1n) is 5.40. The molecule has 0 fully saturated rings. The summed E-state index contributed by atoms with van der Waals surface area (Å²) in [6.45, 7) is 4.94. The minimum atomic E-state index is -0.0757. The Bertz CT molecular complexity index is 377. The Balaban J connectivity index is 1.98. The van der Waals surface area contributed by atoms with Gasteiger partial charge >= 0.3 is 0 Å². The third-order valence-corrected chi connectivity index (χ3v) is 3.44. The molecule has 0 aromatic carbocycles. The largest absolute Gasteiger partial charge is 0.339 e. The molecular weight excluding hydrogens is 224 g/mol. The number of aromatic nitrogens is 2. The molecule has 1 aromatic heterocycles. The van der Waals surface area contributed by atoms with Crippen molar-refractivity contribution in [2.75, 3.05) is 16.7 Å². The molecule has 0 saturated heterocycles. The van der Waals surface area contributed by atoms with E-state index in [2.05, 4.69) is 29.1 Å². The Morgan fingerprint density at radius 2 is 2.44 bits per heavy atom. The predicted molar refractivity (Wildman–Crippen MR) is 65.3 cm³/mol. The molecule has 1 aliphatic heterocycles. The molecule has 0 spiro atoms. The summed E-state index contributed by atoms with van der Waals surface area (Å²) in [6, 6.07) is 0. The first-order chi connectivity index (χ1) is 7.68. The Kier molecular flexibility index (Phi) is 3.38. The second kappa shape index (κ2) is 4.78. The molecule has 0 aliphatic carbocycles. The van der Waals surface area contributed by atoms with Crippen molar-refractivity contribution in [1.82, 2.24) is 15.3 Å². The monoisotopic (exact) mass is 240 g/mol. The SMILES string of the molecule is CC(C)CCSN1CNC(=O)c2[nH]cnc21. The summed E-state index contributed by atoms with van der Waals surface area (Å²) < 4.78 is 2.02. The number of H-pyrrole nitrogens is 1. The maximum Gasteiger partial charge on any atom is 0.273 e. The summed E-state index contributed by atoms with van der Waals surface area (Å²) >= 11 is 1.71. The molecule has 88 valence electrons. The van der Waals surface area contributed by atoms with Gasteiger partial charge in [-0.15, -0.1) is 0 Å². The van der Waals surface area contributed by atoms with Crippen molar-refractivity contribution < 1.29 is 4.79 Å². The van der Waals surface area contributed by atoms with Crippen molar-refractivity contribution in [1.29, 1.82) is 0 Å². The average molecular weight is 240 g/mol. The molecule has 0 atom stereocenters. The van der Waals surface area contributed by atoms with Crippen LogP contribution < -0.4 is 9.62 Å². The van der Waals surface area contributed by atoms with Crippen LogP contribution in [0, 0.1) is 5.92 Å². The van der Waals surface area contributed by atoms with Crippen molar-refractivity contribution in [3.63, 3.8) is 0 Å². The van der Waals surface area contributed by atoms with Crippen molar-refractivity contribution in [3.8, 4) is 0 Å². The molecule has 1 aromatic rings. The van der Waals surface area contributed by atoms with Gasteiger partial charge in [-0.25, -0.2) is 4.98 Å². The van der Waals surface area contributed by atoms with Crippen molar-refractivity contribution in [3.05, 3.63) is 12.0 Å². The van der Waals surface area contributed by atoms with Crippen molar-refractivity contribution in [2.24, 2.45) is 5.92 Å². The van der Waals surface area contributed by atoms with E-state index in [1.807, 2.05) is 4.31 Å². The van der Waals surface area contributed by atoms with Crippen LogP contribution in [0.2, 0.25) is 0 Å². The first kappa shape index (κ1) is 11.3. The predicted octanol–water partition coefficient (Wildman–Crippen LogP) is 1.61. The highest BCUT2D eigenvalue weighted by Crippen LogP contribution is 2.26. The van der Waals surface area contributed by atoms with E-state index >= 15 is 0 Å². The van der Waals surface area contributed by atoms with E-state index in [0.717, 1.165) is 18.0 Å². The van der Waals surface area contributed by atoms with Crippen LogP contribution in [0.5, 0.6) is 0 Å². The second-order valence-electron chi connectivity index (χ2n) is 4.16. The zero-order valence-electron chi connectivity index (χ0n) is 9.49. The van der Waals surface area contributed by atoms with Gasteiger partial charge in [-0.2, -0.15) is 0 Å². The van der Waals surface area contributed by atoms with E-state index in [1.165, 1.54) is 0 Å². The Hall–Kier alpha value is -1.17. The highest BCUT2D eigenvalue weighted by atomic mass is 32.2. The molecule has 2 heterocycles. The van der Waals surface area contributed by atoms with E-state index in [4.69, 9.17) is 0 Å². The maximum atomic E-state index is 11.5. The number of fused-ring (bicyclic) bond motifs is 1. The Morgan fingerprint density at radius 1 is 1.62 bits per heavy atom. The van der Waals surface area contributed by atoms with Gasteiger partial charge in [0.1, 0.15) is 12.4 Å². The van der Waals surface area contributed by atoms with Gasteiger partial charge in [-0.3, -0.25) is 9.10 Å². The average Bonchev–Trinajstić information content (AvgIpc) is 2.70. The van der Waals surface area contributed by atoms with Crippen LogP contribution in [0.15, 0.2) is 6.33 Å². The number of aromatic amines is 1. The maximum absolute atomic E-state index is 11.5. The summed E-state index contributed by atoms with van der Waals surface area (Å²) in [5, 5.41) is 2.81. The van der Waals surface area contributed by atoms with E-state index in [-0.39, 0.29) is 5.91 Å². The molecule has 1 aliphatic rings. The standard InChI is InChI=1S/C10H16N4OS/c1-7(2)3-4-16-14-6-13-10(15)8-9(14)12-5-11-8/h5,7H,3-4,6H2,1-2H3,(H,11,12)(H,13,15). The number of nitrogens with zero attached hydrogens (tertiary/aromatic N) is 2. The molecule has 2 rings (SSSR count). The van der Waals surface area contributed by atoms with Gasteiger partial charge in [0, 0.05) is 5.75 Å². The summed E-state index contributed by atoms with van der Waals surface area (Å²) in [5.74, 6) is 2.41. The summed E-state index contributed by atoms with van der Waals surface area (Å²) in [7, 11) is 0. The van der Waals surface area contributed by atoms with Crippen LogP contribution >= 0.6 is 11.9 Å². The molecule has 0 bridgehead atoms. The number of carbonyl (C=O) groups is 1. The molecule has 2 N–H and O–H groups in total. The molecule has 0 unspecified atom stereocenters. The van der Waals surface area contributed by atoms with Gasteiger partial charge in [0.25, 0.3) is 5.91 Å². The van der Waals surface area contributed by atoms with Crippen LogP contribution in [0.25, 0.3) is 0 Å². The summed E-state index contributed by atoms with van der Waals surface area (Å²) in [5.41, 5.74) is 0.559. The molecule has 0 radical (unpaired) electrons. The van der Waals surface area contributed by atoms with E-state index in [9.17, 15) is 4.79 Å². The highest BCUT2D eigenvalue weighted by Gasteiger charge is 2.25. The smallest absolute Gasteiger partial charge is 0.273 e. The number of rotatable bonds is 4. The van der Waals surface area contributed by atoms with Crippen molar-refractivity contribution in [2.45, 2.75) is 20.3 Å². The molecular formula is C10H16N4OS.